The van der Waals surface area contributed by atoms with E-state index >= 15 is 0 Å². The summed E-state index contributed by atoms with van der Waals surface area (Å²) in [6.07, 6.45) is 0. The molecule has 0 fully saturated rings. The molecule has 0 unspecified atom stereocenters. The molecule has 0 spiro atoms. The summed E-state index contributed by atoms with van der Waals surface area (Å²) in [6, 6.07) is 4.14. The average Bonchev–Trinajstić information content (AvgIpc) is 2.33. The molecule has 0 aliphatic rings. The summed E-state index contributed by atoms with van der Waals surface area (Å²) in [5.74, 6) is 0. The fourth-order valence-electron chi connectivity index (χ4n) is 1.23. The van der Waals surface area contributed by atoms with E-state index in [0.29, 0.717) is 0 Å². The SMILES string of the molecule is Cc1cc(S)c2scc(Cl)c2c1. The molecule has 0 bridgehead atoms. The first-order valence-electron chi connectivity index (χ1n) is 3.55. The van der Waals surface area contributed by atoms with Crippen LogP contribution in [0, 0.1) is 6.92 Å². The Labute approximate surface area is 85.6 Å². The van der Waals surface area contributed by atoms with Crippen LogP contribution in [0.3, 0.4) is 0 Å². The van der Waals surface area contributed by atoms with E-state index in [4.69, 9.17) is 11.6 Å². The molecule has 2 rings (SSSR count). The van der Waals surface area contributed by atoms with Gasteiger partial charge in [-0.25, -0.2) is 0 Å². The van der Waals surface area contributed by atoms with Gasteiger partial charge in [-0.05, 0) is 24.6 Å². The van der Waals surface area contributed by atoms with E-state index in [2.05, 4.69) is 24.8 Å². The maximum atomic E-state index is 5.99. The number of hydrogen-bond donors (Lipinski definition) is 1. The summed E-state index contributed by atoms with van der Waals surface area (Å²) in [5, 5.41) is 3.89. The Morgan fingerprint density at radius 1 is 1.42 bits per heavy atom. The highest BCUT2D eigenvalue weighted by atomic mass is 35.5. The molecule has 62 valence electrons. The first-order valence-corrected chi connectivity index (χ1v) is 5.25. The van der Waals surface area contributed by atoms with Gasteiger partial charge in [-0.2, -0.15) is 0 Å². The summed E-state index contributed by atoms with van der Waals surface area (Å²) in [7, 11) is 0. The zero-order valence-electron chi connectivity index (χ0n) is 6.47. The van der Waals surface area contributed by atoms with Crippen LogP contribution in [-0.4, -0.2) is 0 Å². The monoisotopic (exact) mass is 214 g/mol. The summed E-state index contributed by atoms with van der Waals surface area (Å²) in [5.41, 5.74) is 1.20. The quantitative estimate of drug-likeness (QED) is 0.626. The normalized spacial score (nSPS) is 10.9. The average molecular weight is 215 g/mol. The Bertz CT molecular complexity index is 431. The van der Waals surface area contributed by atoms with Crippen molar-refractivity contribution in [3.05, 3.63) is 28.1 Å². The lowest BCUT2D eigenvalue weighted by molar-refractivity contribution is 1.44. The number of thiophene rings is 1. The summed E-state index contributed by atoms with van der Waals surface area (Å²) in [4.78, 5) is 1.02. The van der Waals surface area contributed by atoms with Crippen molar-refractivity contribution in [1.82, 2.24) is 0 Å². The van der Waals surface area contributed by atoms with Crippen LogP contribution in [0.15, 0.2) is 22.4 Å². The highest BCUT2D eigenvalue weighted by Gasteiger charge is 2.04. The van der Waals surface area contributed by atoms with Crippen molar-refractivity contribution in [1.29, 1.82) is 0 Å². The highest BCUT2D eigenvalue weighted by molar-refractivity contribution is 7.80. The number of rotatable bonds is 0. The van der Waals surface area contributed by atoms with Crippen molar-refractivity contribution in [3.8, 4) is 0 Å². The van der Waals surface area contributed by atoms with Crippen LogP contribution in [0.5, 0.6) is 0 Å². The van der Waals surface area contributed by atoms with Crippen LogP contribution in [0.25, 0.3) is 10.1 Å². The lowest BCUT2D eigenvalue weighted by atomic mass is 10.2. The molecule has 0 saturated heterocycles. The van der Waals surface area contributed by atoms with Crippen LogP contribution in [0.1, 0.15) is 5.56 Å². The fourth-order valence-corrected chi connectivity index (χ4v) is 2.87. The summed E-state index contributed by atoms with van der Waals surface area (Å²) in [6.45, 7) is 2.05. The number of halogens is 1. The Morgan fingerprint density at radius 3 is 2.92 bits per heavy atom. The highest BCUT2D eigenvalue weighted by Crippen LogP contribution is 2.34. The van der Waals surface area contributed by atoms with E-state index in [-0.39, 0.29) is 0 Å². The van der Waals surface area contributed by atoms with Gasteiger partial charge < -0.3 is 0 Å². The lowest BCUT2D eigenvalue weighted by Crippen LogP contribution is -1.73. The smallest absolute Gasteiger partial charge is 0.0592 e. The largest absolute Gasteiger partial charge is 0.142 e. The van der Waals surface area contributed by atoms with Gasteiger partial charge in [-0.3, -0.25) is 0 Å². The molecule has 0 N–H and O–H groups in total. The third kappa shape index (κ3) is 1.24. The Hall–Kier alpha value is -0.180. The number of hydrogen-bond acceptors (Lipinski definition) is 2. The predicted octanol–water partition coefficient (Wildman–Crippen LogP) is 4.15. The van der Waals surface area contributed by atoms with Crippen LogP contribution in [-0.2, 0) is 0 Å². The van der Waals surface area contributed by atoms with E-state index in [9.17, 15) is 0 Å². The molecule has 1 aromatic heterocycles. The molecule has 0 aliphatic heterocycles. The van der Waals surface area contributed by atoms with Gasteiger partial charge in [0, 0.05) is 20.4 Å². The van der Waals surface area contributed by atoms with Crippen molar-refractivity contribution in [2.24, 2.45) is 0 Å². The van der Waals surface area contributed by atoms with E-state index in [1.165, 1.54) is 10.3 Å². The van der Waals surface area contributed by atoms with Gasteiger partial charge >= 0.3 is 0 Å². The molecular formula is C9H7ClS2. The van der Waals surface area contributed by atoms with Crippen molar-refractivity contribution >= 4 is 45.7 Å². The second-order valence-corrected chi connectivity index (χ2v) is 4.51. The molecular weight excluding hydrogens is 208 g/mol. The predicted molar refractivity (Wildman–Crippen MR) is 58.8 cm³/mol. The molecule has 1 aromatic carbocycles. The topological polar surface area (TPSA) is 0 Å². The molecule has 0 nitrogen and oxygen atoms in total. The number of benzene rings is 1. The molecule has 0 radical (unpaired) electrons. The van der Waals surface area contributed by atoms with Crippen LogP contribution in [0.4, 0.5) is 0 Å². The van der Waals surface area contributed by atoms with Gasteiger partial charge in [-0.1, -0.05) is 11.6 Å². The van der Waals surface area contributed by atoms with Gasteiger partial charge in [0.1, 0.15) is 0 Å². The molecule has 0 amide bonds. The molecule has 0 aliphatic carbocycles. The van der Waals surface area contributed by atoms with Crippen LogP contribution < -0.4 is 0 Å². The van der Waals surface area contributed by atoms with Gasteiger partial charge in [0.15, 0.2) is 0 Å². The van der Waals surface area contributed by atoms with Gasteiger partial charge in [0.25, 0.3) is 0 Å². The van der Waals surface area contributed by atoms with E-state index in [1.54, 1.807) is 11.3 Å². The van der Waals surface area contributed by atoms with Gasteiger partial charge in [0.05, 0.1) is 5.02 Å². The second kappa shape index (κ2) is 2.95. The van der Waals surface area contributed by atoms with Crippen molar-refractivity contribution in [2.45, 2.75) is 11.8 Å². The third-order valence-electron chi connectivity index (χ3n) is 1.75. The minimum absolute atomic E-state index is 0.828. The minimum atomic E-state index is 0.828. The molecule has 3 heteroatoms. The first kappa shape index (κ1) is 8.42. The Balaban J connectivity index is 2.92. The number of aryl methyl sites for hydroxylation is 1. The van der Waals surface area contributed by atoms with Gasteiger partial charge in [-0.15, -0.1) is 24.0 Å². The van der Waals surface area contributed by atoms with Crippen molar-refractivity contribution in [3.63, 3.8) is 0 Å². The number of thiol groups is 1. The molecule has 12 heavy (non-hydrogen) atoms. The minimum Gasteiger partial charge on any atom is -0.142 e. The lowest BCUT2D eigenvalue weighted by Gasteiger charge is -1.97. The zero-order valence-corrected chi connectivity index (χ0v) is 8.93. The number of fused-ring (bicyclic) bond motifs is 1. The maximum absolute atomic E-state index is 5.99. The summed E-state index contributed by atoms with van der Waals surface area (Å²) < 4.78 is 1.17. The van der Waals surface area contributed by atoms with E-state index in [0.717, 1.165) is 15.3 Å². The fraction of sp³-hybridized carbons (Fsp3) is 0.111. The summed E-state index contributed by atoms with van der Waals surface area (Å²) >= 11 is 12.0. The third-order valence-corrected chi connectivity index (χ3v) is 3.73. The molecule has 1 heterocycles. The Kier molecular flexibility index (Phi) is 2.07. The maximum Gasteiger partial charge on any atom is 0.0592 e. The zero-order chi connectivity index (χ0) is 8.72. The first-order chi connectivity index (χ1) is 5.68. The van der Waals surface area contributed by atoms with E-state index < -0.39 is 0 Å². The second-order valence-electron chi connectivity index (χ2n) is 2.74. The van der Waals surface area contributed by atoms with E-state index in [1.807, 2.05) is 12.3 Å². The standard InChI is InChI=1S/C9H7ClS2/c1-5-2-6-7(10)4-12-9(6)8(11)3-5/h2-4,11H,1H3. The van der Waals surface area contributed by atoms with Gasteiger partial charge in [0.2, 0.25) is 0 Å². The van der Waals surface area contributed by atoms with Crippen molar-refractivity contribution in [2.75, 3.05) is 0 Å². The van der Waals surface area contributed by atoms with Crippen LogP contribution in [0.2, 0.25) is 5.02 Å². The van der Waals surface area contributed by atoms with Crippen molar-refractivity contribution < 1.29 is 0 Å². The van der Waals surface area contributed by atoms with Crippen LogP contribution >= 0.6 is 35.6 Å². The molecule has 0 saturated carbocycles. The molecule has 2 aromatic rings. The molecule has 0 atom stereocenters. The Morgan fingerprint density at radius 2 is 2.17 bits per heavy atom.